The molecule has 1 aromatic heterocycles. The van der Waals surface area contributed by atoms with E-state index in [2.05, 4.69) is 31.9 Å². The number of rotatable bonds is 9. The van der Waals surface area contributed by atoms with Crippen molar-refractivity contribution in [3.63, 3.8) is 0 Å². The Morgan fingerprint density at radius 1 is 1.26 bits per heavy atom. The first-order chi connectivity index (χ1) is 16.9. The first kappa shape index (κ1) is 25.1. The van der Waals surface area contributed by atoms with Crippen LogP contribution in [0.15, 0.2) is 12.1 Å². The number of fused-ring (bicyclic) bond motifs is 1. The van der Waals surface area contributed by atoms with Gasteiger partial charge in [0.25, 0.3) is 0 Å². The number of carbonyl (C=O) groups is 2. The molecule has 0 saturated carbocycles. The van der Waals surface area contributed by atoms with E-state index in [4.69, 9.17) is 14.2 Å². The van der Waals surface area contributed by atoms with Crippen LogP contribution in [-0.2, 0) is 17.8 Å². The molecule has 0 atom stereocenters. The molecule has 12 heteroatoms. The maximum Gasteiger partial charge on any atom is 0.346 e. The van der Waals surface area contributed by atoms with E-state index in [-0.39, 0.29) is 28.6 Å². The van der Waals surface area contributed by atoms with Crippen LogP contribution in [0.1, 0.15) is 27.9 Å². The Morgan fingerprint density at radius 3 is 2.83 bits per heavy atom. The van der Waals surface area contributed by atoms with Crippen molar-refractivity contribution in [2.45, 2.75) is 19.4 Å². The van der Waals surface area contributed by atoms with Crippen molar-refractivity contribution in [2.24, 2.45) is 0 Å². The number of benzene rings is 1. The van der Waals surface area contributed by atoms with Gasteiger partial charge < -0.3 is 29.3 Å². The van der Waals surface area contributed by atoms with Crippen LogP contribution in [-0.4, -0.2) is 86.2 Å². The molecule has 2 aromatic rings. The number of urea groups is 1. The molecular weight excluding hydrogens is 477 g/mol. The fourth-order valence-electron chi connectivity index (χ4n) is 3.96. The molecule has 3 heterocycles. The number of piperazine rings is 1. The lowest BCUT2D eigenvalue weighted by Gasteiger charge is -2.32. The summed E-state index contributed by atoms with van der Waals surface area (Å²) >= 11 is 0.891. The summed E-state index contributed by atoms with van der Waals surface area (Å²) < 4.78 is 34.5. The molecule has 2 amide bonds. The second-order valence-electron chi connectivity index (χ2n) is 8.50. The topological polar surface area (TPSA) is 105 Å². The quantitative estimate of drug-likeness (QED) is 0.394. The standard InChI is InChI=1S/C23H30FN5O5S/c1-28-7-9-29(10-8-28)6-3-5-25-23(31)26-21-19(22(30)32-2)20(27-35-21)34-14-16-13-18-15(4-11-33-18)12-17(16)24/h12-13H,3-11,14H2,1-2H3,(H2,25,26,31). The average molecular weight is 508 g/mol. The summed E-state index contributed by atoms with van der Waals surface area (Å²) in [5.41, 5.74) is 1.08. The van der Waals surface area contributed by atoms with Gasteiger partial charge in [0.15, 0.2) is 5.56 Å². The summed E-state index contributed by atoms with van der Waals surface area (Å²) in [5.74, 6) is -0.536. The molecule has 0 unspecified atom stereocenters. The third-order valence-electron chi connectivity index (χ3n) is 6.03. The van der Waals surface area contributed by atoms with Crippen molar-refractivity contribution in [1.29, 1.82) is 0 Å². The fourth-order valence-corrected chi connectivity index (χ4v) is 4.68. The lowest BCUT2D eigenvalue weighted by atomic mass is 10.1. The minimum Gasteiger partial charge on any atom is -0.493 e. The Bertz CT molecular complexity index is 1060. The lowest BCUT2D eigenvalue weighted by molar-refractivity contribution is 0.0596. The zero-order valence-corrected chi connectivity index (χ0v) is 20.7. The minimum absolute atomic E-state index is 0.0112. The normalized spacial score (nSPS) is 15.9. The lowest BCUT2D eigenvalue weighted by Crippen LogP contribution is -2.45. The molecule has 35 heavy (non-hydrogen) atoms. The molecule has 2 N–H and O–H groups in total. The number of anilines is 1. The molecule has 4 rings (SSSR count). The van der Waals surface area contributed by atoms with Gasteiger partial charge in [0.05, 0.1) is 13.7 Å². The molecule has 1 saturated heterocycles. The number of halogens is 1. The second kappa shape index (κ2) is 11.6. The van der Waals surface area contributed by atoms with E-state index in [0.29, 0.717) is 25.3 Å². The third kappa shape index (κ3) is 6.38. The number of carbonyl (C=O) groups excluding carboxylic acids is 2. The molecule has 0 bridgehead atoms. The second-order valence-corrected chi connectivity index (χ2v) is 9.27. The molecule has 2 aliphatic rings. The number of amides is 2. The summed E-state index contributed by atoms with van der Waals surface area (Å²) in [5, 5.41) is 5.64. The Kier molecular flexibility index (Phi) is 8.37. The monoisotopic (exact) mass is 507 g/mol. The van der Waals surface area contributed by atoms with Gasteiger partial charge in [0.1, 0.15) is 23.2 Å². The maximum absolute atomic E-state index is 14.4. The van der Waals surface area contributed by atoms with Crippen LogP contribution in [0.25, 0.3) is 0 Å². The Labute approximate surface area is 207 Å². The first-order valence-electron chi connectivity index (χ1n) is 11.5. The van der Waals surface area contributed by atoms with Gasteiger partial charge in [0, 0.05) is 50.3 Å². The summed E-state index contributed by atoms with van der Waals surface area (Å²) in [6, 6.07) is 2.58. The van der Waals surface area contributed by atoms with E-state index < -0.39 is 17.8 Å². The number of hydrogen-bond donors (Lipinski definition) is 2. The van der Waals surface area contributed by atoms with Gasteiger partial charge in [0.2, 0.25) is 5.88 Å². The van der Waals surface area contributed by atoms with Gasteiger partial charge in [-0.25, -0.2) is 14.0 Å². The summed E-state index contributed by atoms with van der Waals surface area (Å²) in [6.45, 7) is 5.91. The number of hydrogen-bond acceptors (Lipinski definition) is 9. The fraction of sp³-hybridized carbons (Fsp3) is 0.522. The number of nitrogens with one attached hydrogen (secondary N) is 2. The number of nitrogens with zero attached hydrogens (tertiary/aromatic N) is 3. The highest BCUT2D eigenvalue weighted by molar-refractivity contribution is 7.11. The van der Waals surface area contributed by atoms with Crippen molar-refractivity contribution in [3.8, 4) is 11.6 Å². The molecule has 2 aliphatic heterocycles. The summed E-state index contributed by atoms with van der Waals surface area (Å²) in [6.07, 6.45) is 1.48. The minimum atomic E-state index is -0.711. The zero-order valence-electron chi connectivity index (χ0n) is 19.9. The molecule has 0 aliphatic carbocycles. The van der Waals surface area contributed by atoms with Crippen LogP contribution in [0, 0.1) is 5.82 Å². The highest BCUT2D eigenvalue weighted by atomic mass is 32.1. The van der Waals surface area contributed by atoms with E-state index in [1.807, 2.05) is 0 Å². The van der Waals surface area contributed by atoms with Crippen LogP contribution in [0.3, 0.4) is 0 Å². The van der Waals surface area contributed by atoms with Crippen LogP contribution < -0.4 is 20.1 Å². The van der Waals surface area contributed by atoms with E-state index in [1.54, 1.807) is 6.07 Å². The van der Waals surface area contributed by atoms with Crippen molar-refractivity contribution in [1.82, 2.24) is 19.5 Å². The Balaban J connectivity index is 1.31. The highest BCUT2D eigenvalue weighted by Gasteiger charge is 2.25. The Morgan fingerprint density at radius 2 is 2.06 bits per heavy atom. The number of methoxy groups -OCH3 is 1. The van der Waals surface area contributed by atoms with Gasteiger partial charge >= 0.3 is 12.0 Å². The number of ether oxygens (including phenoxy) is 3. The van der Waals surface area contributed by atoms with E-state index in [0.717, 1.165) is 56.2 Å². The molecule has 1 aromatic carbocycles. The van der Waals surface area contributed by atoms with Gasteiger partial charge in [-0.1, -0.05) is 0 Å². The molecule has 1 fully saturated rings. The Hall–Kier alpha value is -2.96. The summed E-state index contributed by atoms with van der Waals surface area (Å²) in [7, 11) is 3.34. The van der Waals surface area contributed by atoms with Crippen LogP contribution >= 0.6 is 11.5 Å². The molecule has 0 spiro atoms. The summed E-state index contributed by atoms with van der Waals surface area (Å²) in [4.78, 5) is 29.4. The van der Waals surface area contributed by atoms with Gasteiger partial charge in [-0.05, 0) is 43.7 Å². The highest BCUT2D eigenvalue weighted by Crippen LogP contribution is 2.33. The van der Waals surface area contributed by atoms with Crippen molar-refractivity contribution < 1.29 is 28.2 Å². The van der Waals surface area contributed by atoms with Crippen molar-refractivity contribution >= 4 is 28.5 Å². The van der Waals surface area contributed by atoms with Crippen LogP contribution in [0.5, 0.6) is 11.6 Å². The smallest absolute Gasteiger partial charge is 0.346 e. The van der Waals surface area contributed by atoms with Crippen molar-refractivity contribution in [3.05, 3.63) is 34.6 Å². The van der Waals surface area contributed by atoms with Crippen LogP contribution in [0.4, 0.5) is 14.2 Å². The number of esters is 1. The van der Waals surface area contributed by atoms with E-state index >= 15 is 0 Å². The molecule has 0 radical (unpaired) electrons. The van der Waals surface area contributed by atoms with Gasteiger partial charge in [-0.2, -0.15) is 4.37 Å². The van der Waals surface area contributed by atoms with Gasteiger partial charge in [-0.15, -0.1) is 0 Å². The predicted octanol–water partition coefficient (Wildman–Crippen LogP) is 2.34. The largest absolute Gasteiger partial charge is 0.493 e. The van der Waals surface area contributed by atoms with Crippen molar-refractivity contribution in [2.75, 3.05) is 65.3 Å². The number of aromatic nitrogens is 1. The maximum atomic E-state index is 14.4. The first-order valence-corrected chi connectivity index (χ1v) is 12.3. The molecular formula is C23H30FN5O5S. The third-order valence-corrected chi connectivity index (χ3v) is 6.78. The molecule has 10 nitrogen and oxygen atoms in total. The SMILES string of the molecule is COC(=O)c1c(OCc2cc3c(cc2F)CCO3)nsc1NC(=O)NCCCN1CCN(C)CC1. The van der Waals surface area contributed by atoms with Crippen LogP contribution in [0.2, 0.25) is 0 Å². The zero-order chi connectivity index (χ0) is 24.8. The van der Waals surface area contributed by atoms with E-state index in [9.17, 15) is 14.0 Å². The average Bonchev–Trinajstić information content (AvgIpc) is 3.47. The predicted molar refractivity (Wildman–Crippen MR) is 129 cm³/mol. The number of likely N-dealkylation sites (N-methyl/N-ethyl adjacent to an activating group) is 1. The molecule has 190 valence electrons. The van der Waals surface area contributed by atoms with E-state index in [1.165, 1.54) is 13.2 Å². The van der Waals surface area contributed by atoms with Gasteiger partial charge in [-0.3, -0.25) is 5.32 Å².